The molecule has 1 aliphatic rings. The van der Waals surface area contributed by atoms with Gasteiger partial charge in [-0.05, 0) is 45.2 Å². The highest BCUT2D eigenvalue weighted by Crippen LogP contribution is 2.27. The number of hydrogen-bond donors (Lipinski definition) is 1. The Kier molecular flexibility index (Phi) is 3.99. The monoisotopic (exact) mass is 282 g/mol. The van der Waals surface area contributed by atoms with Gasteiger partial charge in [0.05, 0.1) is 4.90 Å². The number of benzene rings is 1. The van der Waals surface area contributed by atoms with Gasteiger partial charge in [-0.25, -0.2) is 8.42 Å². The van der Waals surface area contributed by atoms with Gasteiger partial charge in [-0.3, -0.25) is 0 Å². The van der Waals surface area contributed by atoms with Crippen molar-refractivity contribution in [1.82, 2.24) is 4.31 Å². The van der Waals surface area contributed by atoms with Crippen molar-refractivity contribution >= 4 is 10.0 Å². The van der Waals surface area contributed by atoms with Crippen LogP contribution >= 0.6 is 0 Å². The largest absolute Gasteiger partial charge is 0.328 e. The molecule has 106 valence electrons. The minimum absolute atomic E-state index is 0.0329. The summed E-state index contributed by atoms with van der Waals surface area (Å²) in [6.07, 6.45) is 1.46. The maximum absolute atomic E-state index is 12.7. The Bertz CT molecular complexity index is 569. The highest BCUT2D eigenvalue weighted by Gasteiger charge is 2.34. The van der Waals surface area contributed by atoms with Gasteiger partial charge in [-0.15, -0.1) is 0 Å². The van der Waals surface area contributed by atoms with Crippen LogP contribution in [0.5, 0.6) is 0 Å². The van der Waals surface area contributed by atoms with E-state index in [1.54, 1.807) is 10.4 Å². The lowest BCUT2D eigenvalue weighted by Gasteiger charge is -2.35. The van der Waals surface area contributed by atoms with E-state index in [2.05, 4.69) is 0 Å². The smallest absolute Gasteiger partial charge is 0.243 e. The van der Waals surface area contributed by atoms with Crippen molar-refractivity contribution in [2.45, 2.75) is 50.6 Å². The van der Waals surface area contributed by atoms with Crippen molar-refractivity contribution in [2.75, 3.05) is 6.54 Å². The van der Waals surface area contributed by atoms with E-state index in [0.29, 0.717) is 11.4 Å². The summed E-state index contributed by atoms with van der Waals surface area (Å²) in [4.78, 5) is 0.417. The third-order valence-electron chi connectivity index (χ3n) is 3.77. The van der Waals surface area contributed by atoms with Crippen molar-refractivity contribution in [3.05, 3.63) is 29.3 Å². The molecule has 0 aromatic heterocycles. The second-order valence-corrected chi connectivity index (χ2v) is 7.38. The van der Waals surface area contributed by atoms with Crippen LogP contribution in [-0.2, 0) is 10.0 Å². The van der Waals surface area contributed by atoms with Crippen LogP contribution in [0.4, 0.5) is 0 Å². The quantitative estimate of drug-likeness (QED) is 0.899. The molecule has 2 rings (SSSR count). The van der Waals surface area contributed by atoms with E-state index in [9.17, 15) is 8.42 Å². The zero-order valence-corrected chi connectivity index (χ0v) is 12.6. The van der Waals surface area contributed by atoms with Gasteiger partial charge in [0.15, 0.2) is 0 Å². The van der Waals surface area contributed by atoms with Crippen LogP contribution in [0.15, 0.2) is 23.1 Å². The number of aryl methyl sites for hydroxylation is 2. The summed E-state index contributed by atoms with van der Waals surface area (Å²) in [5.41, 5.74) is 7.78. The van der Waals surface area contributed by atoms with E-state index in [0.717, 1.165) is 24.0 Å². The Morgan fingerprint density at radius 1 is 1.32 bits per heavy atom. The van der Waals surface area contributed by atoms with Crippen LogP contribution in [-0.4, -0.2) is 31.4 Å². The second kappa shape index (κ2) is 5.23. The van der Waals surface area contributed by atoms with Crippen LogP contribution in [0.25, 0.3) is 0 Å². The van der Waals surface area contributed by atoms with Gasteiger partial charge in [-0.1, -0.05) is 17.7 Å². The van der Waals surface area contributed by atoms with Crippen molar-refractivity contribution < 1.29 is 8.42 Å². The van der Waals surface area contributed by atoms with Crippen LogP contribution in [0.1, 0.15) is 30.9 Å². The number of sulfonamides is 1. The minimum atomic E-state index is -3.40. The van der Waals surface area contributed by atoms with E-state index < -0.39 is 10.0 Å². The molecule has 5 heteroatoms. The summed E-state index contributed by atoms with van der Waals surface area (Å²) in [5, 5.41) is 0. The molecule has 0 unspecified atom stereocenters. The summed E-state index contributed by atoms with van der Waals surface area (Å²) in [6, 6.07) is 5.55. The molecule has 0 amide bonds. The standard InChI is InChI=1S/C14H22N2O2S/c1-10-4-5-14(11(2)8-10)19(17,18)16-7-6-13(15)9-12(16)3/h4-5,8,12-13H,6-7,9,15H2,1-3H3/t12-,13-/m0/s1. The fourth-order valence-corrected chi connectivity index (χ4v) is 4.62. The molecule has 0 radical (unpaired) electrons. The van der Waals surface area contributed by atoms with Gasteiger partial charge >= 0.3 is 0 Å². The van der Waals surface area contributed by atoms with Crippen molar-refractivity contribution in [3.63, 3.8) is 0 Å². The molecule has 4 nitrogen and oxygen atoms in total. The van der Waals surface area contributed by atoms with E-state index in [4.69, 9.17) is 5.73 Å². The first-order chi connectivity index (χ1) is 8.82. The maximum Gasteiger partial charge on any atom is 0.243 e. The molecule has 2 N–H and O–H groups in total. The van der Waals surface area contributed by atoms with Gasteiger partial charge < -0.3 is 5.73 Å². The fraction of sp³-hybridized carbons (Fsp3) is 0.571. The zero-order valence-electron chi connectivity index (χ0n) is 11.8. The van der Waals surface area contributed by atoms with E-state index in [-0.39, 0.29) is 12.1 Å². The number of rotatable bonds is 2. The van der Waals surface area contributed by atoms with Crippen molar-refractivity contribution in [1.29, 1.82) is 0 Å². The van der Waals surface area contributed by atoms with Crippen LogP contribution in [0, 0.1) is 13.8 Å². The third kappa shape index (κ3) is 2.83. The molecule has 1 aliphatic heterocycles. The average Bonchev–Trinajstić information content (AvgIpc) is 2.27. The first-order valence-corrected chi connectivity index (χ1v) is 8.11. The molecule has 0 aliphatic carbocycles. The highest BCUT2D eigenvalue weighted by atomic mass is 32.2. The Balaban J connectivity index is 2.37. The Hall–Kier alpha value is -0.910. The predicted molar refractivity (Wildman–Crippen MR) is 76.5 cm³/mol. The molecule has 1 heterocycles. The lowest BCUT2D eigenvalue weighted by molar-refractivity contribution is 0.247. The van der Waals surface area contributed by atoms with Crippen LogP contribution < -0.4 is 5.73 Å². The molecule has 2 atom stereocenters. The van der Waals surface area contributed by atoms with Crippen LogP contribution in [0.3, 0.4) is 0 Å². The molecule has 0 saturated carbocycles. The van der Waals surface area contributed by atoms with Gasteiger partial charge in [0, 0.05) is 18.6 Å². The molecule has 0 spiro atoms. The average molecular weight is 282 g/mol. The minimum Gasteiger partial charge on any atom is -0.328 e. The molecular formula is C14H22N2O2S. The van der Waals surface area contributed by atoms with Gasteiger partial charge in [0.2, 0.25) is 10.0 Å². The van der Waals surface area contributed by atoms with Crippen molar-refractivity contribution in [3.8, 4) is 0 Å². The number of piperidine rings is 1. The number of nitrogens with zero attached hydrogens (tertiary/aromatic N) is 1. The summed E-state index contributed by atoms with van der Waals surface area (Å²) >= 11 is 0. The lowest BCUT2D eigenvalue weighted by atomic mass is 10.0. The molecular weight excluding hydrogens is 260 g/mol. The number of nitrogens with two attached hydrogens (primary N) is 1. The summed E-state index contributed by atoms with van der Waals surface area (Å²) in [7, 11) is -3.40. The molecule has 1 aromatic rings. The first-order valence-electron chi connectivity index (χ1n) is 6.67. The SMILES string of the molecule is Cc1ccc(S(=O)(=O)N2CC[C@H](N)C[C@@H]2C)c(C)c1. The van der Waals surface area contributed by atoms with Gasteiger partial charge in [-0.2, -0.15) is 4.31 Å². The summed E-state index contributed by atoms with van der Waals surface area (Å²) in [5.74, 6) is 0. The van der Waals surface area contributed by atoms with E-state index >= 15 is 0 Å². The zero-order chi connectivity index (χ0) is 14.2. The molecule has 1 saturated heterocycles. The predicted octanol–water partition coefficient (Wildman–Crippen LogP) is 1.80. The van der Waals surface area contributed by atoms with Gasteiger partial charge in [0.25, 0.3) is 0 Å². The van der Waals surface area contributed by atoms with E-state index in [1.807, 2.05) is 32.9 Å². The molecule has 1 aromatic carbocycles. The molecule has 19 heavy (non-hydrogen) atoms. The third-order valence-corrected chi connectivity index (χ3v) is 5.95. The highest BCUT2D eigenvalue weighted by molar-refractivity contribution is 7.89. The molecule has 0 bridgehead atoms. The second-order valence-electron chi connectivity index (χ2n) is 5.52. The van der Waals surface area contributed by atoms with Crippen LogP contribution in [0.2, 0.25) is 0 Å². The molecule has 1 fully saturated rings. The van der Waals surface area contributed by atoms with Crippen molar-refractivity contribution in [2.24, 2.45) is 5.73 Å². The summed E-state index contributed by atoms with van der Waals surface area (Å²) in [6.45, 7) is 6.25. The Morgan fingerprint density at radius 2 is 2.00 bits per heavy atom. The first kappa shape index (κ1) is 14.5. The van der Waals surface area contributed by atoms with E-state index in [1.165, 1.54) is 0 Å². The Morgan fingerprint density at radius 3 is 2.58 bits per heavy atom. The normalized spacial score (nSPS) is 25.5. The topological polar surface area (TPSA) is 63.4 Å². The van der Waals surface area contributed by atoms with Gasteiger partial charge in [0.1, 0.15) is 0 Å². The fourth-order valence-electron chi connectivity index (χ4n) is 2.76. The number of hydrogen-bond acceptors (Lipinski definition) is 3. The lowest BCUT2D eigenvalue weighted by Crippen LogP contribution is -2.48. The maximum atomic E-state index is 12.7. The summed E-state index contributed by atoms with van der Waals surface area (Å²) < 4.78 is 27.0. The Labute approximate surface area is 115 Å².